The number of carbonyl (C=O) groups excluding carboxylic acids is 1. The predicted octanol–water partition coefficient (Wildman–Crippen LogP) is 3.03. The van der Waals surface area contributed by atoms with Crippen molar-refractivity contribution in [2.24, 2.45) is 0 Å². The lowest BCUT2D eigenvalue weighted by Crippen LogP contribution is -2.37. The van der Waals surface area contributed by atoms with Crippen molar-refractivity contribution in [2.75, 3.05) is 0 Å². The predicted molar refractivity (Wildman–Crippen MR) is 81.8 cm³/mol. The SMILES string of the molecule is C/C=C/C(=O)NC1CCc2[nH]c3cc(C)ccc3c2C1. The van der Waals surface area contributed by atoms with Crippen molar-refractivity contribution >= 4 is 16.8 Å². The van der Waals surface area contributed by atoms with Gasteiger partial charge in [-0.2, -0.15) is 0 Å². The summed E-state index contributed by atoms with van der Waals surface area (Å²) in [6.45, 7) is 3.97. The third-order valence-electron chi connectivity index (χ3n) is 4.01. The Hall–Kier alpha value is -2.03. The quantitative estimate of drug-likeness (QED) is 0.808. The molecule has 0 saturated carbocycles. The van der Waals surface area contributed by atoms with Crippen molar-refractivity contribution in [1.82, 2.24) is 10.3 Å². The molecule has 0 fully saturated rings. The molecule has 3 nitrogen and oxygen atoms in total. The summed E-state index contributed by atoms with van der Waals surface area (Å²) in [5, 5.41) is 4.39. The molecule has 3 rings (SSSR count). The van der Waals surface area contributed by atoms with Crippen LogP contribution in [-0.4, -0.2) is 16.9 Å². The zero-order valence-electron chi connectivity index (χ0n) is 12.0. The van der Waals surface area contributed by atoms with Gasteiger partial charge in [0.15, 0.2) is 0 Å². The summed E-state index contributed by atoms with van der Waals surface area (Å²) in [5.74, 6) is 0.0108. The first-order valence-electron chi connectivity index (χ1n) is 7.20. The molecule has 1 aromatic carbocycles. The van der Waals surface area contributed by atoms with Crippen LogP contribution in [0.1, 0.15) is 30.2 Å². The van der Waals surface area contributed by atoms with Crippen LogP contribution in [0.3, 0.4) is 0 Å². The molecule has 3 heteroatoms. The maximum atomic E-state index is 11.7. The van der Waals surface area contributed by atoms with Crippen molar-refractivity contribution in [3.8, 4) is 0 Å². The Morgan fingerprint density at radius 2 is 2.30 bits per heavy atom. The second kappa shape index (κ2) is 5.16. The molecule has 2 aromatic rings. The number of hydrogen-bond donors (Lipinski definition) is 2. The van der Waals surface area contributed by atoms with Crippen LogP contribution in [0.5, 0.6) is 0 Å². The molecule has 1 unspecified atom stereocenters. The van der Waals surface area contributed by atoms with E-state index in [4.69, 9.17) is 0 Å². The number of aromatic amines is 1. The van der Waals surface area contributed by atoms with E-state index in [-0.39, 0.29) is 11.9 Å². The van der Waals surface area contributed by atoms with Gasteiger partial charge >= 0.3 is 0 Å². The Morgan fingerprint density at radius 3 is 3.10 bits per heavy atom. The van der Waals surface area contributed by atoms with Crippen LogP contribution in [0, 0.1) is 6.92 Å². The molecule has 1 amide bonds. The Balaban J connectivity index is 1.87. The molecule has 1 aliphatic carbocycles. The number of nitrogens with one attached hydrogen (secondary N) is 2. The van der Waals surface area contributed by atoms with Crippen LogP contribution in [0.4, 0.5) is 0 Å². The maximum Gasteiger partial charge on any atom is 0.243 e. The van der Waals surface area contributed by atoms with Gasteiger partial charge in [-0.25, -0.2) is 0 Å². The van der Waals surface area contributed by atoms with E-state index in [2.05, 4.69) is 35.4 Å². The smallest absolute Gasteiger partial charge is 0.243 e. The van der Waals surface area contributed by atoms with Crippen LogP contribution in [0.25, 0.3) is 10.9 Å². The van der Waals surface area contributed by atoms with E-state index in [1.54, 1.807) is 12.2 Å². The minimum absolute atomic E-state index is 0.0108. The summed E-state index contributed by atoms with van der Waals surface area (Å²) >= 11 is 0. The highest BCUT2D eigenvalue weighted by Gasteiger charge is 2.23. The zero-order valence-corrected chi connectivity index (χ0v) is 12.0. The molecule has 1 atom stereocenters. The average molecular weight is 268 g/mol. The second-order valence-electron chi connectivity index (χ2n) is 5.58. The number of H-pyrrole nitrogens is 1. The van der Waals surface area contributed by atoms with E-state index >= 15 is 0 Å². The lowest BCUT2D eigenvalue weighted by Gasteiger charge is -2.23. The molecule has 20 heavy (non-hydrogen) atoms. The van der Waals surface area contributed by atoms with Gasteiger partial charge in [0.2, 0.25) is 5.91 Å². The van der Waals surface area contributed by atoms with Crippen LogP contribution in [-0.2, 0) is 17.6 Å². The molecule has 1 heterocycles. The first-order valence-corrected chi connectivity index (χ1v) is 7.20. The number of benzene rings is 1. The lowest BCUT2D eigenvalue weighted by atomic mass is 9.91. The number of allylic oxidation sites excluding steroid dienone is 1. The van der Waals surface area contributed by atoms with Gasteiger partial charge in [0.25, 0.3) is 0 Å². The summed E-state index contributed by atoms with van der Waals surface area (Å²) < 4.78 is 0. The van der Waals surface area contributed by atoms with E-state index < -0.39 is 0 Å². The normalized spacial score (nSPS) is 18.4. The Labute approximate surface area is 119 Å². The zero-order chi connectivity index (χ0) is 14.1. The van der Waals surface area contributed by atoms with Crippen LogP contribution in [0.15, 0.2) is 30.4 Å². The standard InChI is InChI=1S/C17H20N2O/c1-3-4-17(20)18-12-6-8-15-14(10-12)13-7-5-11(2)9-16(13)19-15/h3-5,7,9,12,19H,6,8,10H2,1-2H3,(H,18,20)/b4-3+. The van der Waals surface area contributed by atoms with Gasteiger partial charge in [-0.1, -0.05) is 18.2 Å². The van der Waals surface area contributed by atoms with Gasteiger partial charge in [0, 0.05) is 22.6 Å². The minimum atomic E-state index is 0.0108. The highest BCUT2D eigenvalue weighted by molar-refractivity contribution is 5.88. The molecule has 1 aliphatic rings. The van der Waals surface area contributed by atoms with Crippen molar-refractivity contribution in [1.29, 1.82) is 0 Å². The molecule has 0 saturated heterocycles. The number of amides is 1. The van der Waals surface area contributed by atoms with Gasteiger partial charge in [-0.15, -0.1) is 0 Å². The fourth-order valence-electron chi connectivity index (χ4n) is 3.06. The van der Waals surface area contributed by atoms with Crippen LogP contribution >= 0.6 is 0 Å². The minimum Gasteiger partial charge on any atom is -0.358 e. The Bertz CT molecular complexity index is 682. The number of rotatable bonds is 2. The van der Waals surface area contributed by atoms with E-state index in [1.807, 2.05) is 6.92 Å². The molecule has 0 radical (unpaired) electrons. The molecular formula is C17H20N2O. The van der Waals surface area contributed by atoms with Gasteiger partial charge in [0.05, 0.1) is 0 Å². The molecule has 0 spiro atoms. The molecule has 104 valence electrons. The van der Waals surface area contributed by atoms with Crippen LogP contribution in [0.2, 0.25) is 0 Å². The van der Waals surface area contributed by atoms with E-state index in [0.717, 1.165) is 19.3 Å². The van der Waals surface area contributed by atoms with E-state index in [9.17, 15) is 4.79 Å². The number of carbonyl (C=O) groups is 1. The third-order valence-corrected chi connectivity index (χ3v) is 4.01. The van der Waals surface area contributed by atoms with Gasteiger partial charge in [-0.05, 0) is 56.4 Å². The first kappa shape index (κ1) is 13.0. The lowest BCUT2D eigenvalue weighted by molar-refractivity contribution is -0.117. The van der Waals surface area contributed by atoms with E-state index in [0.29, 0.717) is 0 Å². The van der Waals surface area contributed by atoms with Gasteiger partial charge in [-0.3, -0.25) is 4.79 Å². The Morgan fingerprint density at radius 1 is 1.45 bits per heavy atom. The van der Waals surface area contributed by atoms with Crippen molar-refractivity contribution in [2.45, 2.75) is 39.2 Å². The van der Waals surface area contributed by atoms with Crippen molar-refractivity contribution in [3.63, 3.8) is 0 Å². The summed E-state index contributed by atoms with van der Waals surface area (Å²) in [6, 6.07) is 6.78. The third kappa shape index (κ3) is 2.36. The van der Waals surface area contributed by atoms with Gasteiger partial charge in [0.1, 0.15) is 0 Å². The van der Waals surface area contributed by atoms with Crippen LogP contribution < -0.4 is 5.32 Å². The topological polar surface area (TPSA) is 44.9 Å². The fourth-order valence-corrected chi connectivity index (χ4v) is 3.06. The van der Waals surface area contributed by atoms with Gasteiger partial charge < -0.3 is 10.3 Å². The fraction of sp³-hybridized carbons (Fsp3) is 0.353. The molecule has 2 N–H and O–H groups in total. The average Bonchev–Trinajstić information content (AvgIpc) is 2.75. The largest absolute Gasteiger partial charge is 0.358 e. The summed E-state index contributed by atoms with van der Waals surface area (Å²) in [5.41, 5.74) is 5.20. The molecule has 0 bridgehead atoms. The second-order valence-corrected chi connectivity index (χ2v) is 5.58. The maximum absolute atomic E-state index is 11.7. The molecular weight excluding hydrogens is 248 g/mol. The molecule has 1 aromatic heterocycles. The van der Waals surface area contributed by atoms with Crippen molar-refractivity contribution in [3.05, 3.63) is 47.2 Å². The summed E-state index contributed by atoms with van der Waals surface area (Å²) in [4.78, 5) is 15.2. The number of hydrogen-bond acceptors (Lipinski definition) is 1. The number of fused-ring (bicyclic) bond motifs is 3. The van der Waals surface area contributed by atoms with Crippen molar-refractivity contribution < 1.29 is 4.79 Å². The van der Waals surface area contributed by atoms with E-state index in [1.165, 1.54) is 27.7 Å². The highest BCUT2D eigenvalue weighted by Crippen LogP contribution is 2.29. The Kier molecular flexibility index (Phi) is 3.35. The summed E-state index contributed by atoms with van der Waals surface area (Å²) in [7, 11) is 0. The molecule has 0 aliphatic heterocycles. The highest BCUT2D eigenvalue weighted by atomic mass is 16.1. The first-order chi connectivity index (χ1) is 9.67. The number of aromatic nitrogens is 1. The monoisotopic (exact) mass is 268 g/mol. The summed E-state index contributed by atoms with van der Waals surface area (Å²) in [6.07, 6.45) is 6.29. The number of aryl methyl sites for hydroxylation is 2.